The van der Waals surface area contributed by atoms with Crippen molar-refractivity contribution in [1.29, 1.82) is 0 Å². The zero-order valence-electron chi connectivity index (χ0n) is 15.7. The smallest absolute Gasteiger partial charge is 0.257 e. The molecule has 0 bridgehead atoms. The molecule has 2 aromatic heterocycles. The fourth-order valence-corrected chi connectivity index (χ4v) is 3.24. The SMILES string of the molecule is Cc1cc(C)n2ncc(C(=O)N[C@H](C)c3ccc4c(c3)OCCCO4)c2n1. The summed E-state index contributed by atoms with van der Waals surface area (Å²) in [7, 11) is 0. The maximum Gasteiger partial charge on any atom is 0.257 e. The number of hydrogen-bond donors (Lipinski definition) is 1. The Kier molecular flexibility index (Phi) is 4.43. The van der Waals surface area contributed by atoms with Crippen molar-refractivity contribution in [1.82, 2.24) is 19.9 Å². The molecule has 7 heteroatoms. The van der Waals surface area contributed by atoms with Gasteiger partial charge in [-0.05, 0) is 44.5 Å². The van der Waals surface area contributed by atoms with Gasteiger partial charge >= 0.3 is 0 Å². The van der Waals surface area contributed by atoms with E-state index < -0.39 is 0 Å². The lowest BCUT2D eigenvalue weighted by atomic mass is 10.1. The van der Waals surface area contributed by atoms with Gasteiger partial charge in [-0.1, -0.05) is 6.07 Å². The van der Waals surface area contributed by atoms with Crippen molar-refractivity contribution in [3.05, 3.63) is 53.0 Å². The van der Waals surface area contributed by atoms with Crippen LogP contribution >= 0.6 is 0 Å². The molecule has 0 spiro atoms. The lowest BCUT2D eigenvalue weighted by Gasteiger charge is -2.16. The van der Waals surface area contributed by atoms with Crippen LogP contribution in [0.25, 0.3) is 5.65 Å². The van der Waals surface area contributed by atoms with Gasteiger partial charge in [-0.15, -0.1) is 0 Å². The topological polar surface area (TPSA) is 77.8 Å². The van der Waals surface area contributed by atoms with Crippen LogP contribution in [0.15, 0.2) is 30.5 Å². The summed E-state index contributed by atoms with van der Waals surface area (Å²) in [6.07, 6.45) is 2.42. The number of ether oxygens (including phenoxy) is 2. The summed E-state index contributed by atoms with van der Waals surface area (Å²) in [6, 6.07) is 7.50. The Morgan fingerprint density at radius 3 is 2.78 bits per heavy atom. The van der Waals surface area contributed by atoms with Crippen LogP contribution in [0.3, 0.4) is 0 Å². The summed E-state index contributed by atoms with van der Waals surface area (Å²) in [5.74, 6) is 1.25. The molecule has 0 aliphatic carbocycles. The normalized spacial score (nSPS) is 14.6. The van der Waals surface area contributed by atoms with Crippen molar-refractivity contribution >= 4 is 11.6 Å². The second-order valence-electron chi connectivity index (χ2n) is 6.78. The standard InChI is InChI=1S/C20H22N4O3/c1-12-9-13(2)24-19(22-12)16(11-21-24)20(25)23-14(3)15-5-6-17-18(10-15)27-8-4-7-26-17/h5-6,9-11,14H,4,7-8H2,1-3H3,(H,23,25)/t14-/m1/s1. The maximum atomic E-state index is 12.8. The summed E-state index contributed by atoms with van der Waals surface area (Å²) in [5.41, 5.74) is 3.77. The number of aryl methyl sites for hydroxylation is 2. The predicted octanol–water partition coefficient (Wildman–Crippen LogP) is 3.00. The van der Waals surface area contributed by atoms with Crippen LogP contribution in [0.5, 0.6) is 11.5 Å². The average Bonchev–Trinajstić information content (AvgIpc) is 2.92. The highest BCUT2D eigenvalue weighted by Gasteiger charge is 2.19. The fraction of sp³-hybridized carbons (Fsp3) is 0.350. The Morgan fingerprint density at radius 1 is 1.19 bits per heavy atom. The first-order chi connectivity index (χ1) is 13.0. The molecule has 4 rings (SSSR count). The predicted molar refractivity (Wildman–Crippen MR) is 100 cm³/mol. The van der Waals surface area contributed by atoms with Crippen LogP contribution in [-0.2, 0) is 0 Å². The van der Waals surface area contributed by atoms with Gasteiger partial charge in [0.25, 0.3) is 5.91 Å². The van der Waals surface area contributed by atoms with E-state index in [0.717, 1.165) is 34.9 Å². The third-order valence-corrected chi connectivity index (χ3v) is 4.64. The third-order valence-electron chi connectivity index (χ3n) is 4.64. The number of rotatable bonds is 3. The van der Waals surface area contributed by atoms with Crippen LogP contribution in [0.1, 0.15) is 46.7 Å². The van der Waals surface area contributed by atoms with Crippen LogP contribution in [0.4, 0.5) is 0 Å². The van der Waals surface area contributed by atoms with Crippen molar-refractivity contribution < 1.29 is 14.3 Å². The van der Waals surface area contributed by atoms with E-state index in [0.29, 0.717) is 24.4 Å². The van der Waals surface area contributed by atoms with Gasteiger partial charge in [0.05, 0.1) is 25.5 Å². The van der Waals surface area contributed by atoms with Gasteiger partial charge < -0.3 is 14.8 Å². The van der Waals surface area contributed by atoms with E-state index in [9.17, 15) is 4.79 Å². The quantitative estimate of drug-likeness (QED) is 0.771. The molecule has 1 aromatic carbocycles. The van der Waals surface area contributed by atoms with Gasteiger partial charge in [-0.2, -0.15) is 5.10 Å². The lowest BCUT2D eigenvalue weighted by molar-refractivity contribution is 0.0941. The summed E-state index contributed by atoms with van der Waals surface area (Å²) in [5, 5.41) is 7.31. The molecule has 0 radical (unpaired) electrons. The molecule has 1 N–H and O–H groups in total. The molecule has 0 fully saturated rings. The second kappa shape index (κ2) is 6.90. The zero-order chi connectivity index (χ0) is 19.0. The largest absolute Gasteiger partial charge is 0.490 e. The van der Waals surface area contributed by atoms with Crippen molar-refractivity contribution in [2.24, 2.45) is 0 Å². The summed E-state index contributed by atoms with van der Waals surface area (Å²) >= 11 is 0. The van der Waals surface area contributed by atoms with E-state index in [1.54, 1.807) is 10.7 Å². The van der Waals surface area contributed by atoms with E-state index in [1.807, 2.05) is 45.0 Å². The zero-order valence-corrected chi connectivity index (χ0v) is 15.7. The Morgan fingerprint density at radius 2 is 1.96 bits per heavy atom. The first-order valence-electron chi connectivity index (χ1n) is 9.05. The van der Waals surface area contributed by atoms with Crippen molar-refractivity contribution in [3.8, 4) is 11.5 Å². The average molecular weight is 366 g/mol. The monoisotopic (exact) mass is 366 g/mol. The van der Waals surface area contributed by atoms with Gasteiger partial charge in [0.2, 0.25) is 0 Å². The molecule has 7 nitrogen and oxygen atoms in total. The Hall–Kier alpha value is -3.09. The highest BCUT2D eigenvalue weighted by molar-refractivity contribution is 5.99. The van der Waals surface area contributed by atoms with Gasteiger partial charge in [-0.3, -0.25) is 4.79 Å². The number of amides is 1. The molecule has 0 saturated carbocycles. The number of nitrogens with one attached hydrogen (secondary N) is 1. The van der Waals surface area contributed by atoms with Crippen molar-refractivity contribution in [3.63, 3.8) is 0 Å². The Bertz CT molecular complexity index is 1010. The number of carbonyl (C=O) groups excluding carboxylic acids is 1. The molecule has 0 unspecified atom stereocenters. The van der Waals surface area contributed by atoms with Gasteiger partial charge in [0.1, 0.15) is 5.56 Å². The molecule has 0 saturated heterocycles. The number of hydrogen-bond acceptors (Lipinski definition) is 5. The van der Waals surface area contributed by atoms with E-state index in [4.69, 9.17) is 9.47 Å². The minimum atomic E-state index is -0.206. The van der Waals surface area contributed by atoms with E-state index in [2.05, 4.69) is 15.4 Å². The molecule has 1 amide bonds. The summed E-state index contributed by atoms with van der Waals surface area (Å²) < 4.78 is 13.1. The first kappa shape index (κ1) is 17.3. The number of fused-ring (bicyclic) bond motifs is 2. The molecule has 27 heavy (non-hydrogen) atoms. The van der Waals surface area contributed by atoms with Crippen molar-refractivity contribution in [2.75, 3.05) is 13.2 Å². The highest BCUT2D eigenvalue weighted by Crippen LogP contribution is 2.32. The van der Waals surface area contributed by atoms with E-state index in [1.165, 1.54) is 0 Å². The molecule has 1 aliphatic rings. The van der Waals surface area contributed by atoms with Gasteiger partial charge in [-0.25, -0.2) is 9.50 Å². The molecule has 1 atom stereocenters. The molecule has 1 aliphatic heterocycles. The minimum absolute atomic E-state index is 0.199. The molecular formula is C20H22N4O3. The number of carbonyl (C=O) groups is 1. The van der Waals surface area contributed by atoms with Crippen LogP contribution in [0, 0.1) is 13.8 Å². The number of benzene rings is 1. The Labute approximate surface area is 157 Å². The second-order valence-corrected chi connectivity index (χ2v) is 6.78. The maximum absolute atomic E-state index is 12.8. The number of nitrogens with zero attached hydrogens (tertiary/aromatic N) is 3. The molecule has 140 valence electrons. The lowest BCUT2D eigenvalue weighted by Crippen LogP contribution is -2.26. The molecule has 3 heterocycles. The van der Waals surface area contributed by atoms with Gasteiger partial charge in [0.15, 0.2) is 17.1 Å². The van der Waals surface area contributed by atoms with Crippen LogP contribution < -0.4 is 14.8 Å². The summed E-state index contributed by atoms with van der Waals surface area (Å²) in [6.45, 7) is 7.06. The highest BCUT2D eigenvalue weighted by atomic mass is 16.5. The first-order valence-corrected chi connectivity index (χ1v) is 9.05. The molecular weight excluding hydrogens is 344 g/mol. The van der Waals surface area contributed by atoms with Crippen LogP contribution in [0.2, 0.25) is 0 Å². The molecule has 3 aromatic rings. The third kappa shape index (κ3) is 3.32. The Balaban J connectivity index is 1.57. The van der Waals surface area contributed by atoms with Gasteiger partial charge in [0, 0.05) is 17.8 Å². The minimum Gasteiger partial charge on any atom is -0.490 e. The van der Waals surface area contributed by atoms with Crippen LogP contribution in [-0.4, -0.2) is 33.7 Å². The van der Waals surface area contributed by atoms with Crippen molar-refractivity contribution in [2.45, 2.75) is 33.2 Å². The summed E-state index contributed by atoms with van der Waals surface area (Å²) in [4.78, 5) is 17.3. The number of aromatic nitrogens is 3. The fourth-order valence-electron chi connectivity index (χ4n) is 3.24. The van der Waals surface area contributed by atoms with E-state index in [-0.39, 0.29) is 11.9 Å². The van der Waals surface area contributed by atoms with E-state index >= 15 is 0 Å².